The van der Waals surface area contributed by atoms with Gasteiger partial charge < -0.3 is 19.5 Å². The van der Waals surface area contributed by atoms with Crippen LogP contribution < -0.4 is 4.74 Å². The number of carbonyl (C=O) groups excluding carboxylic acids is 1. The van der Waals surface area contributed by atoms with Gasteiger partial charge in [-0.25, -0.2) is 0 Å². The Hall–Kier alpha value is -2.57. The smallest absolute Gasteiger partial charge is 0.254 e. The molecule has 0 saturated carbocycles. The number of aromatic hydroxyl groups is 1. The first-order chi connectivity index (χ1) is 16.2. The number of morpholine rings is 1. The van der Waals surface area contributed by atoms with E-state index in [2.05, 4.69) is 38.7 Å². The Morgan fingerprint density at radius 2 is 1.91 bits per heavy atom. The minimum Gasteiger partial charge on any atom is -0.504 e. The largest absolute Gasteiger partial charge is 0.504 e. The molecule has 2 heterocycles. The zero-order valence-corrected chi connectivity index (χ0v) is 21.0. The summed E-state index contributed by atoms with van der Waals surface area (Å²) in [5.41, 5.74) is 4.37. The van der Waals surface area contributed by atoms with Gasteiger partial charge in [0.2, 0.25) is 0 Å². The van der Waals surface area contributed by atoms with Crippen LogP contribution in [0.1, 0.15) is 61.2 Å². The van der Waals surface area contributed by atoms with Crippen LogP contribution in [0.25, 0.3) is 0 Å². The third kappa shape index (κ3) is 5.56. The zero-order chi connectivity index (χ0) is 24.3. The summed E-state index contributed by atoms with van der Waals surface area (Å²) in [6, 6.07) is 11.8. The molecule has 2 aliphatic heterocycles. The van der Waals surface area contributed by atoms with Gasteiger partial charge in [-0.05, 0) is 67.5 Å². The molecule has 2 aliphatic rings. The van der Waals surface area contributed by atoms with Crippen molar-refractivity contribution in [1.82, 2.24) is 9.80 Å². The molecule has 1 fully saturated rings. The predicted octanol–water partition coefficient (Wildman–Crippen LogP) is 4.63. The van der Waals surface area contributed by atoms with E-state index in [0.717, 1.165) is 37.1 Å². The first-order valence-corrected chi connectivity index (χ1v) is 12.4. The number of carbonyl (C=O) groups is 1. The SMILES string of the molecule is CC(C)COc1cc(CCC(C)(C)N2Cc3cccc(C(=O)N4CCOCC4)c3C2)ccc1O. The highest BCUT2D eigenvalue weighted by Crippen LogP contribution is 2.35. The van der Waals surface area contributed by atoms with Gasteiger partial charge in [-0.15, -0.1) is 0 Å². The molecule has 1 amide bonds. The fraction of sp³-hybridized carbons (Fsp3) is 0.536. The van der Waals surface area contributed by atoms with Crippen molar-refractivity contribution in [2.45, 2.75) is 59.2 Å². The Morgan fingerprint density at radius 3 is 2.65 bits per heavy atom. The number of phenols is 1. The Balaban J connectivity index is 1.42. The Labute approximate surface area is 203 Å². The molecular weight excluding hydrogens is 428 g/mol. The van der Waals surface area contributed by atoms with E-state index in [1.807, 2.05) is 29.2 Å². The van der Waals surface area contributed by atoms with E-state index < -0.39 is 0 Å². The molecule has 0 radical (unpaired) electrons. The number of hydrogen-bond donors (Lipinski definition) is 1. The van der Waals surface area contributed by atoms with Crippen molar-refractivity contribution in [1.29, 1.82) is 0 Å². The minimum atomic E-state index is -0.0465. The van der Waals surface area contributed by atoms with Gasteiger partial charge in [0, 0.05) is 37.3 Å². The lowest BCUT2D eigenvalue weighted by Crippen LogP contribution is -2.42. The summed E-state index contributed by atoms with van der Waals surface area (Å²) in [4.78, 5) is 17.6. The molecule has 4 rings (SSSR count). The fourth-order valence-corrected chi connectivity index (χ4v) is 4.68. The number of nitrogens with zero attached hydrogens (tertiary/aromatic N) is 2. The van der Waals surface area contributed by atoms with Crippen LogP contribution in [0.3, 0.4) is 0 Å². The van der Waals surface area contributed by atoms with Crippen molar-refractivity contribution in [3.63, 3.8) is 0 Å². The highest BCUT2D eigenvalue weighted by molar-refractivity contribution is 5.96. The summed E-state index contributed by atoms with van der Waals surface area (Å²) in [6.07, 6.45) is 1.85. The van der Waals surface area contributed by atoms with Gasteiger partial charge in [-0.3, -0.25) is 9.69 Å². The molecule has 6 heteroatoms. The number of aryl methyl sites for hydroxylation is 1. The maximum atomic E-state index is 13.2. The summed E-state index contributed by atoms with van der Waals surface area (Å²) < 4.78 is 11.2. The molecule has 0 aliphatic carbocycles. The molecule has 2 aromatic carbocycles. The molecule has 0 bridgehead atoms. The van der Waals surface area contributed by atoms with Crippen molar-refractivity contribution < 1.29 is 19.4 Å². The second-order valence-corrected chi connectivity index (χ2v) is 10.5. The molecule has 1 N–H and O–H groups in total. The average Bonchev–Trinajstić information content (AvgIpc) is 3.28. The second kappa shape index (κ2) is 10.4. The number of hydrogen-bond acceptors (Lipinski definition) is 5. The van der Waals surface area contributed by atoms with E-state index in [0.29, 0.717) is 44.6 Å². The maximum absolute atomic E-state index is 13.2. The third-order valence-electron chi connectivity index (χ3n) is 6.99. The van der Waals surface area contributed by atoms with Crippen LogP contribution >= 0.6 is 0 Å². The third-order valence-corrected chi connectivity index (χ3v) is 6.99. The lowest BCUT2D eigenvalue weighted by atomic mass is 9.93. The van der Waals surface area contributed by atoms with Gasteiger partial charge in [0.05, 0.1) is 19.8 Å². The summed E-state index contributed by atoms with van der Waals surface area (Å²) in [5, 5.41) is 10.1. The molecule has 6 nitrogen and oxygen atoms in total. The first kappa shape index (κ1) is 24.6. The normalized spacial score (nSPS) is 16.7. The van der Waals surface area contributed by atoms with Crippen molar-refractivity contribution in [3.05, 3.63) is 58.7 Å². The lowest BCUT2D eigenvalue weighted by molar-refractivity contribution is 0.0301. The summed E-state index contributed by atoms with van der Waals surface area (Å²) in [6.45, 7) is 13.5. The quantitative estimate of drug-likeness (QED) is 0.615. The van der Waals surface area contributed by atoms with E-state index in [-0.39, 0.29) is 17.2 Å². The second-order valence-electron chi connectivity index (χ2n) is 10.5. The van der Waals surface area contributed by atoms with Crippen LogP contribution in [-0.4, -0.2) is 59.3 Å². The van der Waals surface area contributed by atoms with Gasteiger partial charge in [0.15, 0.2) is 11.5 Å². The predicted molar refractivity (Wildman–Crippen MR) is 133 cm³/mol. The van der Waals surface area contributed by atoms with Crippen molar-refractivity contribution >= 4 is 5.91 Å². The lowest BCUT2D eigenvalue weighted by Gasteiger charge is -2.36. The van der Waals surface area contributed by atoms with Crippen LogP contribution in [-0.2, 0) is 24.2 Å². The zero-order valence-electron chi connectivity index (χ0n) is 21.0. The van der Waals surface area contributed by atoms with Crippen LogP contribution in [0.15, 0.2) is 36.4 Å². The van der Waals surface area contributed by atoms with Crippen LogP contribution in [0, 0.1) is 5.92 Å². The number of rotatable bonds is 8. The van der Waals surface area contributed by atoms with Crippen molar-refractivity contribution in [2.24, 2.45) is 5.92 Å². The van der Waals surface area contributed by atoms with Gasteiger partial charge in [-0.2, -0.15) is 0 Å². The molecule has 2 aromatic rings. The van der Waals surface area contributed by atoms with Crippen LogP contribution in [0.5, 0.6) is 11.5 Å². The highest BCUT2D eigenvalue weighted by atomic mass is 16.5. The van der Waals surface area contributed by atoms with Crippen LogP contribution in [0.4, 0.5) is 0 Å². The van der Waals surface area contributed by atoms with Crippen molar-refractivity contribution in [2.75, 3.05) is 32.9 Å². The van der Waals surface area contributed by atoms with Gasteiger partial charge in [-0.1, -0.05) is 32.0 Å². The highest BCUT2D eigenvalue weighted by Gasteiger charge is 2.34. The van der Waals surface area contributed by atoms with E-state index in [1.54, 1.807) is 6.07 Å². The van der Waals surface area contributed by atoms with E-state index >= 15 is 0 Å². The Morgan fingerprint density at radius 1 is 1.15 bits per heavy atom. The minimum absolute atomic E-state index is 0.0465. The molecule has 0 unspecified atom stereocenters. The standard InChI is InChI=1S/C28H38N2O4/c1-20(2)19-34-26-16-21(8-9-25(26)31)10-11-28(3,4)30-17-22-6-5-7-23(24(22)18-30)27(32)29-12-14-33-15-13-29/h5-9,16,20,31H,10-15,17-19H2,1-4H3. The molecule has 0 spiro atoms. The molecule has 0 aromatic heterocycles. The first-order valence-electron chi connectivity index (χ1n) is 12.4. The molecule has 1 saturated heterocycles. The fourth-order valence-electron chi connectivity index (χ4n) is 4.68. The monoisotopic (exact) mass is 466 g/mol. The van der Waals surface area contributed by atoms with E-state index in [9.17, 15) is 9.90 Å². The number of amides is 1. The van der Waals surface area contributed by atoms with Gasteiger partial charge in [0.25, 0.3) is 5.91 Å². The molecule has 184 valence electrons. The average molecular weight is 467 g/mol. The summed E-state index contributed by atoms with van der Waals surface area (Å²) >= 11 is 0. The Kier molecular flexibility index (Phi) is 7.48. The number of benzene rings is 2. The Bertz CT molecular complexity index is 1010. The number of ether oxygens (including phenoxy) is 2. The van der Waals surface area contributed by atoms with E-state index in [1.165, 1.54) is 11.1 Å². The summed E-state index contributed by atoms with van der Waals surface area (Å²) in [7, 11) is 0. The maximum Gasteiger partial charge on any atom is 0.254 e. The topological polar surface area (TPSA) is 62.2 Å². The molecular formula is C28H38N2O4. The number of fused-ring (bicyclic) bond motifs is 1. The number of phenolic OH excluding ortho intramolecular Hbond substituents is 1. The van der Waals surface area contributed by atoms with Gasteiger partial charge in [0.1, 0.15) is 0 Å². The van der Waals surface area contributed by atoms with E-state index in [4.69, 9.17) is 9.47 Å². The molecule has 34 heavy (non-hydrogen) atoms. The van der Waals surface area contributed by atoms with Crippen molar-refractivity contribution in [3.8, 4) is 11.5 Å². The molecule has 0 atom stereocenters. The van der Waals surface area contributed by atoms with Crippen LogP contribution in [0.2, 0.25) is 0 Å². The summed E-state index contributed by atoms with van der Waals surface area (Å²) in [5.74, 6) is 1.27. The van der Waals surface area contributed by atoms with Gasteiger partial charge >= 0.3 is 0 Å².